The van der Waals surface area contributed by atoms with Crippen LogP contribution in [0.1, 0.15) is 37.0 Å². The number of rotatable bonds is 8. The predicted molar refractivity (Wildman–Crippen MR) is 95.7 cm³/mol. The zero-order valence-corrected chi connectivity index (χ0v) is 15.2. The van der Waals surface area contributed by atoms with Gasteiger partial charge in [0.25, 0.3) is 5.91 Å². The van der Waals surface area contributed by atoms with Crippen molar-refractivity contribution in [3.8, 4) is 5.88 Å². The van der Waals surface area contributed by atoms with Gasteiger partial charge in [0.1, 0.15) is 5.56 Å². The van der Waals surface area contributed by atoms with E-state index in [1.807, 2.05) is 6.92 Å². The molecule has 1 aromatic rings. The van der Waals surface area contributed by atoms with Gasteiger partial charge in [0.15, 0.2) is 0 Å². The highest BCUT2D eigenvalue weighted by molar-refractivity contribution is 5.96. The van der Waals surface area contributed by atoms with Gasteiger partial charge in [-0.1, -0.05) is 13.3 Å². The van der Waals surface area contributed by atoms with Crippen LogP contribution in [0.15, 0.2) is 18.3 Å². The van der Waals surface area contributed by atoms with E-state index in [1.165, 1.54) is 0 Å². The maximum atomic E-state index is 12.7. The Labute approximate surface area is 149 Å². The first-order chi connectivity index (χ1) is 12.2. The summed E-state index contributed by atoms with van der Waals surface area (Å²) in [6.45, 7) is 8.14. The standard InChI is InChI=1S/C18H28N4O3/c1-3-5-8-19-16(23)14-21-10-12-22(13-11-21)18(24)15-7-6-9-20-17(15)25-4-2/h6-7,9H,3-5,8,10-14H2,1-2H3,(H,19,23). The van der Waals surface area contributed by atoms with Gasteiger partial charge in [-0.05, 0) is 25.5 Å². The fourth-order valence-electron chi connectivity index (χ4n) is 2.75. The monoisotopic (exact) mass is 348 g/mol. The van der Waals surface area contributed by atoms with Gasteiger partial charge in [0, 0.05) is 38.9 Å². The molecule has 0 atom stereocenters. The molecular formula is C18H28N4O3. The minimum Gasteiger partial charge on any atom is -0.477 e. The molecule has 0 bridgehead atoms. The lowest BCUT2D eigenvalue weighted by Crippen LogP contribution is -2.51. The molecule has 2 heterocycles. The Hall–Kier alpha value is -2.15. The predicted octanol–water partition coefficient (Wildman–Crippen LogP) is 1.15. The number of unbranched alkanes of at least 4 members (excludes halogenated alkanes) is 1. The van der Waals surface area contributed by atoms with Crippen molar-refractivity contribution in [1.29, 1.82) is 0 Å². The molecular weight excluding hydrogens is 320 g/mol. The van der Waals surface area contributed by atoms with Crippen molar-refractivity contribution in [2.75, 3.05) is 45.9 Å². The molecule has 0 aromatic carbocycles. The average Bonchev–Trinajstić information content (AvgIpc) is 2.63. The van der Waals surface area contributed by atoms with Crippen molar-refractivity contribution >= 4 is 11.8 Å². The molecule has 1 aliphatic rings. The molecule has 1 N–H and O–H groups in total. The van der Waals surface area contributed by atoms with Gasteiger partial charge in [-0.25, -0.2) is 4.98 Å². The number of nitrogens with one attached hydrogen (secondary N) is 1. The molecule has 7 nitrogen and oxygen atoms in total. The van der Waals surface area contributed by atoms with E-state index in [2.05, 4.69) is 22.1 Å². The quantitative estimate of drug-likeness (QED) is 0.714. The van der Waals surface area contributed by atoms with Crippen molar-refractivity contribution in [2.24, 2.45) is 0 Å². The molecule has 25 heavy (non-hydrogen) atoms. The summed E-state index contributed by atoms with van der Waals surface area (Å²) in [5, 5.41) is 2.93. The third kappa shape index (κ3) is 5.70. The topological polar surface area (TPSA) is 74.8 Å². The summed E-state index contributed by atoms with van der Waals surface area (Å²) in [4.78, 5) is 32.6. The van der Waals surface area contributed by atoms with E-state index < -0.39 is 0 Å². The van der Waals surface area contributed by atoms with E-state index in [0.29, 0.717) is 50.8 Å². The maximum Gasteiger partial charge on any atom is 0.259 e. The summed E-state index contributed by atoms with van der Waals surface area (Å²) in [5.74, 6) is 0.371. The maximum absolute atomic E-state index is 12.7. The van der Waals surface area contributed by atoms with Crippen LogP contribution in [0.4, 0.5) is 0 Å². The summed E-state index contributed by atoms with van der Waals surface area (Å²) in [6, 6.07) is 3.49. The van der Waals surface area contributed by atoms with Crippen LogP contribution in [0.5, 0.6) is 5.88 Å². The lowest BCUT2D eigenvalue weighted by Gasteiger charge is -2.34. The van der Waals surface area contributed by atoms with Crippen LogP contribution < -0.4 is 10.1 Å². The number of nitrogens with zero attached hydrogens (tertiary/aromatic N) is 3. The Morgan fingerprint density at radius 2 is 2.00 bits per heavy atom. The zero-order chi connectivity index (χ0) is 18.1. The van der Waals surface area contributed by atoms with E-state index >= 15 is 0 Å². The van der Waals surface area contributed by atoms with E-state index in [4.69, 9.17) is 4.74 Å². The number of carbonyl (C=O) groups excluding carboxylic acids is 2. The van der Waals surface area contributed by atoms with Crippen LogP contribution in [0.2, 0.25) is 0 Å². The van der Waals surface area contributed by atoms with Crippen LogP contribution >= 0.6 is 0 Å². The summed E-state index contributed by atoms with van der Waals surface area (Å²) < 4.78 is 5.45. The van der Waals surface area contributed by atoms with Crippen LogP contribution in [-0.2, 0) is 4.79 Å². The molecule has 0 unspecified atom stereocenters. The number of ether oxygens (including phenoxy) is 1. The normalized spacial score (nSPS) is 15.0. The third-order valence-electron chi connectivity index (χ3n) is 4.16. The highest BCUT2D eigenvalue weighted by Crippen LogP contribution is 2.17. The molecule has 1 aromatic heterocycles. The van der Waals surface area contributed by atoms with Gasteiger partial charge in [-0.3, -0.25) is 14.5 Å². The van der Waals surface area contributed by atoms with Crippen LogP contribution in [0.25, 0.3) is 0 Å². The number of hydrogen-bond acceptors (Lipinski definition) is 5. The van der Waals surface area contributed by atoms with Crippen LogP contribution in [-0.4, -0.2) is 72.5 Å². The van der Waals surface area contributed by atoms with E-state index in [9.17, 15) is 9.59 Å². The third-order valence-corrected chi connectivity index (χ3v) is 4.16. The minimum atomic E-state index is -0.0661. The van der Waals surface area contributed by atoms with Gasteiger partial charge in [0.05, 0.1) is 13.2 Å². The Morgan fingerprint density at radius 3 is 2.68 bits per heavy atom. The summed E-state index contributed by atoms with van der Waals surface area (Å²) in [5.41, 5.74) is 0.495. The molecule has 0 spiro atoms. The lowest BCUT2D eigenvalue weighted by molar-refractivity contribution is -0.122. The van der Waals surface area contributed by atoms with Crippen molar-refractivity contribution in [2.45, 2.75) is 26.7 Å². The number of amides is 2. The number of hydrogen-bond donors (Lipinski definition) is 1. The molecule has 2 amide bonds. The van der Waals surface area contributed by atoms with Crippen molar-refractivity contribution < 1.29 is 14.3 Å². The Kier molecular flexibility index (Phi) is 7.66. The Bertz CT molecular complexity index is 571. The molecule has 2 rings (SSSR count). The minimum absolute atomic E-state index is 0.0547. The molecule has 0 aliphatic carbocycles. The molecule has 0 radical (unpaired) electrons. The molecule has 138 valence electrons. The van der Waals surface area contributed by atoms with Gasteiger partial charge in [0.2, 0.25) is 11.8 Å². The first kappa shape index (κ1) is 19.2. The molecule has 1 saturated heterocycles. The first-order valence-electron chi connectivity index (χ1n) is 9.01. The van der Waals surface area contributed by atoms with Gasteiger partial charge < -0.3 is 15.0 Å². The summed E-state index contributed by atoms with van der Waals surface area (Å²) in [7, 11) is 0. The van der Waals surface area contributed by atoms with Crippen molar-refractivity contribution in [1.82, 2.24) is 20.1 Å². The average molecular weight is 348 g/mol. The largest absolute Gasteiger partial charge is 0.477 e. The second-order valence-corrected chi connectivity index (χ2v) is 6.06. The van der Waals surface area contributed by atoms with E-state index in [0.717, 1.165) is 19.4 Å². The number of carbonyl (C=O) groups is 2. The Balaban J connectivity index is 1.83. The fraction of sp³-hybridized carbons (Fsp3) is 0.611. The summed E-state index contributed by atoms with van der Waals surface area (Å²) in [6.07, 6.45) is 3.69. The van der Waals surface area contributed by atoms with E-state index in [-0.39, 0.29) is 11.8 Å². The zero-order valence-electron chi connectivity index (χ0n) is 15.2. The second-order valence-electron chi connectivity index (χ2n) is 6.06. The number of pyridine rings is 1. The SMILES string of the molecule is CCCCNC(=O)CN1CCN(C(=O)c2cccnc2OCC)CC1. The van der Waals surface area contributed by atoms with Gasteiger partial charge >= 0.3 is 0 Å². The van der Waals surface area contributed by atoms with Crippen molar-refractivity contribution in [3.05, 3.63) is 23.9 Å². The highest BCUT2D eigenvalue weighted by atomic mass is 16.5. The number of piperazine rings is 1. The molecule has 7 heteroatoms. The second kappa shape index (κ2) is 9.98. The van der Waals surface area contributed by atoms with Crippen molar-refractivity contribution in [3.63, 3.8) is 0 Å². The van der Waals surface area contributed by atoms with Crippen LogP contribution in [0, 0.1) is 0 Å². The van der Waals surface area contributed by atoms with Gasteiger partial charge in [-0.15, -0.1) is 0 Å². The molecule has 1 fully saturated rings. The molecule has 1 aliphatic heterocycles. The first-order valence-corrected chi connectivity index (χ1v) is 9.01. The molecule has 0 saturated carbocycles. The highest BCUT2D eigenvalue weighted by Gasteiger charge is 2.25. The van der Waals surface area contributed by atoms with Crippen LogP contribution in [0.3, 0.4) is 0 Å². The number of aromatic nitrogens is 1. The fourth-order valence-corrected chi connectivity index (χ4v) is 2.75. The van der Waals surface area contributed by atoms with E-state index in [1.54, 1.807) is 23.2 Å². The lowest BCUT2D eigenvalue weighted by atomic mass is 10.2. The van der Waals surface area contributed by atoms with Gasteiger partial charge in [-0.2, -0.15) is 0 Å². The Morgan fingerprint density at radius 1 is 1.24 bits per heavy atom. The summed E-state index contributed by atoms with van der Waals surface area (Å²) >= 11 is 0. The smallest absolute Gasteiger partial charge is 0.259 e.